The van der Waals surface area contributed by atoms with Gasteiger partial charge in [0, 0.05) is 5.56 Å². The molecule has 0 fully saturated rings. The Morgan fingerprint density at radius 1 is 1.10 bits per heavy atom. The number of methoxy groups -OCH3 is 1. The summed E-state index contributed by atoms with van der Waals surface area (Å²) in [5.74, 6) is 1.15. The zero-order valence-electron chi connectivity index (χ0n) is 11.8. The smallest absolute Gasteiger partial charge is 0.170 e. The van der Waals surface area contributed by atoms with Gasteiger partial charge in [-0.3, -0.25) is 0 Å². The standard InChI is InChI=1S/C17H17NO3/c1-20-16-11-5-10-15(13-18-19)17(16)21-12-6-9-14-7-3-2-4-8-14/h2-11,13,19H,12H2,1H3/b9-6-,18-13+. The average molecular weight is 283 g/mol. The van der Waals surface area contributed by atoms with Gasteiger partial charge < -0.3 is 14.7 Å². The number of nitrogens with zero attached hydrogens (tertiary/aromatic N) is 1. The molecule has 0 amide bonds. The fourth-order valence-corrected chi connectivity index (χ4v) is 1.89. The maximum Gasteiger partial charge on any atom is 0.170 e. The van der Waals surface area contributed by atoms with Gasteiger partial charge in [-0.1, -0.05) is 47.6 Å². The molecule has 0 atom stereocenters. The van der Waals surface area contributed by atoms with E-state index in [-0.39, 0.29) is 0 Å². The van der Waals surface area contributed by atoms with Crippen molar-refractivity contribution in [2.75, 3.05) is 13.7 Å². The van der Waals surface area contributed by atoms with Crippen molar-refractivity contribution < 1.29 is 14.7 Å². The highest BCUT2D eigenvalue weighted by Gasteiger charge is 2.08. The second kappa shape index (κ2) is 7.75. The average Bonchev–Trinajstić information content (AvgIpc) is 2.53. The van der Waals surface area contributed by atoms with E-state index in [0.717, 1.165) is 5.56 Å². The molecule has 2 rings (SSSR count). The lowest BCUT2D eigenvalue weighted by atomic mass is 10.2. The summed E-state index contributed by atoms with van der Waals surface area (Å²) in [6.07, 6.45) is 5.22. The van der Waals surface area contributed by atoms with Crippen LogP contribution in [0.3, 0.4) is 0 Å². The molecule has 0 saturated carbocycles. The molecule has 0 aliphatic carbocycles. The molecule has 1 N–H and O–H groups in total. The van der Waals surface area contributed by atoms with E-state index in [1.165, 1.54) is 6.21 Å². The highest BCUT2D eigenvalue weighted by atomic mass is 16.5. The van der Waals surface area contributed by atoms with Crippen molar-refractivity contribution in [3.8, 4) is 11.5 Å². The molecule has 0 spiro atoms. The molecule has 4 heteroatoms. The molecule has 2 aromatic carbocycles. The molecule has 0 radical (unpaired) electrons. The molecule has 0 unspecified atom stereocenters. The molecular formula is C17H17NO3. The lowest BCUT2D eigenvalue weighted by molar-refractivity contribution is 0.318. The van der Waals surface area contributed by atoms with Gasteiger partial charge in [0.25, 0.3) is 0 Å². The zero-order chi connectivity index (χ0) is 14.9. The maximum atomic E-state index is 8.69. The van der Waals surface area contributed by atoms with Crippen LogP contribution in [-0.2, 0) is 0 Å². The molecule has 0 saturated heterocycles. The molecule has 0 bridgehead atoms. The molecule has 21 heavy (non-hydrogen) atoms. The minimum atomic E-state index is 0.390. The number of ether oxygens (including phenoxy) is 2. The maximum absolute atomic E-state index is 8.69. The predicted molar refractivity (Wildman–Crippen MR) is 83.3 cm³/mol. The Morgan fingerprint density at radius 3 is 2.62 bits per heavy atom. The lowest BCUT2D eigenvalue weighted by Crippen LogP contribution is -2.00. The number of benzene rings is 2. The van der Waals surface area contributed by atoms with Crippen molar-refractivity contribution in [1.29, 1.82) is 0 Å². The first-order valence-electron chi connectivity index (χ1n) is 6.54. The van der Waals surface area contributed by atoms with Gasteiger partial charge in [0.2, 0.25) is 0 Å². The van der Waals surface area contributed by atoms with Crippen molar-refractivity contribution in [2.24, 2.45) is 5.16 Å². The van der Waals surface area contributed by atoms with Crippen LogP contribution in [0.15, 0.2) is 59.8 Å². The highest BCUT2D eigenvalue weighted by molar-refractivity contribution is 5.84. The van der Waals surface area contributed by atoms with Crippen molar-refractivity contribution in [3.63, 3.8) is 0 Å². The normalized spacial score (nSPS) is 11.1. The van der Waals surface area contributed by atoms with Crippen LogP contribution in [-0.4, -0.2) is 25.1 Å². The van der Waals surface area contributed by atoms with Gasteiger partial charge in [-0.2, -0.15) is 0 Å². The highest BCUT2D eigenvalue weighted by Crippen LogP contribution is 2.30. The Bertz CT molecular complexity index is 621. The van der Waals surface area contributed by atoms with Gasteiger partial charge >= 0.3 is 0 Å². The lowest BCUT2D eigenvalue weighted by Gasteiger charge is -2.11. The molecule has 2 aromatic rings. The third kappa shape index (κ3) is 4.11. The van der Waals surface area contributed by atoms with Crippen molar-refractivity contribution >= 4 is 12.3 Å². The van der Waals surface area contributed by atoms with Gasteiger partial charge in [0.1, 0.15) is 6.61 Å². The number of oxime groups is 1. The van der Waals surface area contributed by atoms with E-state index in [2.05, 4.69) is 5.16 Å². The first-order valence-corrected chi connectivity index (χ1v) is 6.54. The van der Waals surface area contributed by atoms with Gasteiger partial charge in [-0.25, -0.2) is 0 Å². The molecule has 0 heterocycles. The minimum Gasteiger partial charge on any atom is -0.493 e. The van der Waals surface area contributed by atoms with Crippen LogP contribution in [0.5, 0.6) is 11.5 Å². The van der Waals surface area contributed by atoms with Crippen molar-refractivity contribution in [2.45, 2.75) is 0 Å². The SMILES string of the molecule is COc1cccc(/C=N/O)c1OC/C=C\c1ccccc1. The zero-order valence-corrected chi connectivity index (χ0v) is 11.8. The second-order valence-corrected chi connectivity index (χ2v) is 4.25. The van der Waals surface area contributed by atoms with E-state index in [4.69, 9.17) is 14.7 Å². The number of hydrogen-bond acceptors (Lipinski definition) is 4. The summed E-state index contributed by atoms with van der Waals surface area (Å²) in [5, 5.41) is 11.7. The van der Waals surface area contributed by atoms with Crippen LogP contribution in [0.2, 0.25) is 0 Å². The van der Waals surface area contributed by atoms with Crippen molar-refractivity contribution in [1.82, 2.24) is 0 Å². The third-order valence-electron chi connectivity index (χ3n) is 2.86. The fraction of sp³-hybridized carbons (Fsp3) is 0.118. The number of hydrogen-bond donors (Lipinski definition) is 1. The van der Waals surface area contributed by atoms with Crippen LogP contribution in [0.1, 0.15) is 11.1 Å². The minimum absolute atomic E-state index is 0.390. The molecule has 0 aromatic heterocycles. The van der Waals surface area contributed by atoms with E-state index in [1.54, 1.807) is 19.2 Å². The number of rotatable bonds is 6. The van der Waals surface area contributed by atoms with Crippen LogP contribution >= 0.6 is 0 Å². The molecule has 108 valence electrons. The van der Waals surface area contributed by atoms with E-state index >= 15 is 0 Å². The van der Waals surface area contributed by atoms with E-state index in [9.17, 15) is 0 Å². The van der Waals surface area contributed by atoms with Crippen LogP contribution in [0.25, 0.3) is 6.08 Å². The van der Waals surface area contributed by atoms with Crippen LogP contribution in [0, 0.1) is 0 Å². The van der Waals surface area contributed by atoms with Gasteiger partial charge in [0.15, 0.2) is 11.5 Å². The Labute approximate surface area is 123 Å². The number of para-hydroxylation sites is 1. The summed E-state index contributed by atoms with van der Waals surface area (Å²) in [5.41, 5.74) is 1.77. The Hall–Kier alpha value is -2.75. The summed E-state index contributed by atoms with van der Waals surface area (Å²) >= 11 is 0. The van der Waals surface area contributed by atoms with Gasteiger partial charge in [0.05, 0.1) is 13.3 Å². The quantitative estimate of drug-likeness (QED) is 0.500. The van der Waals surface area contributed by atoms with Crippen LogP contribution in [0.4, 0.5) is 0 Å². The monoisotopic (exact) mass is 283 g/mol. The first-order chi connectivity index (χ1) is 10.3. The fourth-order valence-electron chi connectivity index (χ4n) is 1.89. The molecule has 0 aliphatic heterocycles. The topological polar surface area (TPSA) is 51.0 Å². The van der Waals surface area contributed by atoms with Crippen molar-refractivity contribution in [3.05, 3.63) is 65.7 Å². The summed E-state index contributed by atoms with van der Waals surface area (Å²) in [6, 6.07) is 15.4. The molecule has 0 aliphatic rings. The Kier molecular flexibility index (Phi) is 5.41. The second-order valence-electron chi connectivity index (χ2n) is 4.25. The first kappa shape index (κ1) is 14.7. The van der Waals surface area contributed by atoms with E-state index in [1.807, 2.05) is 48.6 Å². The van der Waals surface area contributed by atoms with Crippen LogP contribution < -0.4 is 9.47 Å². The largest absolute Gasteiger partial charge is 0.493 e. The summed E-state index contributed by atoms with van der Waals surface area (Å²) in [7, 11) is 1.57. The Balaban J connectivity index is 2.07. The third-order valence-corrected chi connectivity index (χ3v) is 2.86. The van der Waals surface area contributed by atoms with Gasteiger partial charge in [-0.15, -0.1) is 0 Å². The Morgan fingerprint density at radius 2 is 1.90 bits per heavy atom. The summed E-state index contributed by atoms with van der Waals surface area (Å²) in [4.78, 5) is 0. The van der Waals surface area contributed by atoms with Gasteiger partial charge in [-0.05, 0) is 23.8 Å². The van der Waals surface area contributed by atoms with E-state index in [0.29, 0.717) is 23.7 Å². The summed E-state index contributed by atoms with van der Waals surface area (Å²) in [6.45, 7) is 0.390. The molecule has 4 nitrogen and oxygen atoms in total. The van der Waals surface area contributed by atoms with E-state index < -0.39 is 0 Å². The summed E-state index contributed by atoms with van der Waals surface area (Å²) < 4.78 is 11.0. The molecular weight excluding hydrogens is 266 g/mol. The predicted octanol–water partition coefficient (Wildman–Crippen LogP) is 3.60.